The van der Waals surface area contributed by atoms with Crippen LogP contribution in [0.1, 0.15) is 30.1 Å². The molecule has 2 saturated heterocycles. The lowest BCUT2D eigenvalue weighted by molar-refractivity contribution is -0.122. The van der Waals surface area contributed by atoms with E-state index in [1.165, 1.54) is 0 Å². The highest BCUT2D eigenvalue weighted by atomic mass is 16.5. The van der Waals surface area contributed by atoms with Crippen LogP contribution in [0.3, 0.4) is 0 Å². The first-order chi connectivity index (χ1) is 12.1. The maximum atomic E-state index is 12.1. The smallest absolute Gasteiger partial charge is 0.234 e. The van der Waals surface area contributed by atoms with Crippen molar-refractivity contribution in [3.63, 3.8) is 0 Å². The van der Waals surface area contributed by atoms with E-state index in [1.54, 1.807) is 6.92 Å². The highest BCUT2D eigenvalue weighted by Gasteiger charge is 2.21. The van der Waals surface area contributed by atoms with Crippen molar-refractivity contribution in [2.45, 2.75) is 25.9 Å². The van der Waals surface area contributed by atoms with Crippen LogP contribution in [0.4, 0.5) is 5.69 Å². The summed E-state index contributed by atoms with van der Waals surface area (Å²) in [5.41, 5.74) is 1.87. The van der Waals surface area contributed by atoms with Crippen molar-refractivity contribution in [3.05, 3.63) is 29.8 Å². The minimum absolute atomic E-state index is 0.0785. The molecular formula is C19H27N3O3. The van der Waals surface area contributed by atoms with E-state index in [4.69, 9.17) is 4.74 Å². The number of carbonyl (C=O) groups is 2. The molecule has 3 rings (SSSR count). The molecule has 2 aliphatic rings. The molecule has 1 aromatic rings. The number of rotatable bonds is 6. The van der Waals surface area contributed by atoms with Gasteiger partial charge in [-0.1, -0.05) is 0 Å². The fraction of sp³-hybridized carbons (Fsp3) is 0.579. The van der Waals surface area contributed by atoms with Gasteiger partial charge in [0.15, 0.2) is 5.78 Å². The molecule has 0 bridgehead atoms. The highest BCUT2D eigenvalue weighted by Crippen LogP contribution is 2.17. The molecule has 1 N–H and O–H groups in total. The van der Waals surface area contributed by atoms with Crippen molar-refractivity contribution in [1.82, 2.24) is 10.2 Å². The van der Waals surface area contributed by atoms with Gasteiger partial charge in [0, 0.05) is 50.6 Å². The Morgan fingerprint density at radius 3 is 2.48 bits per heavy atom. The summed E-state index contributed by atoms with van der Waals surface area (Å²) < 4.78 is 5.52. The molecule has 25 heavy (non-hydrogen) atoms. The quantitative estimate of drug-likeness (QED) is 0.788. The van der Waals surface area contributed by atoms with Crippen LogP contribution in [0.15, 0.2) is 24.3 Å². The van der Waals surface area contributed by atoms with E-state index in [9.17, 15) is 9.59 Å². The Hall–Kier alpha value is -1.92. The highest BCUT2D eigenvalue weighted by molar-refractivity contribution is 5.94. The predicted molar refractivity (Wildman–Crippen MR) is 97.1 cm³/mol. The van der Waals surface area contributed by atoms with Crippen molar-refractivity contribution in [2.75, 3.05) is 50.8 Å². The van der Waals surface area contributed by atoms with E-state index in [2.05, 4.69) is 15.1 Å². The van der Waals surface area contributed by atoms with Gasteiger partial charge in [-0.05, 0) is 44.0 Å². The zero-order valence-corrected chi connectivity index (χ0v) is 14.9. The van der Waals surface area contributed by atoms with Crippen LogP contribution in [-0.4, -0.2) is 68.6 Å². The number of benzene rings is 1. The second kappa shape index (κ2) is 8.45. The van der Waals surface area contributed by atoms with Crippen molar-refractivity contribution >= 4 is 17.4 Å². The van der Waals surface area contributed by atoms with Crippen LogP contribution in [0.5, 0.6) is 0 Å². The number of nitrogens with one attached hydrogen (secondary N) is 1. The molecule has 0 spiro atoms. The van der Waals surface area contributed by atoms with Crippen molar-refractivity contribution < 1.29 is 14.3 Å². The van der Waals surface area contributed by atoms with Gasteiger partial charge in [-0.15, -0.1) is 0 Å². The van der Waals surface area contributed by atoms with Crippen LogP contribution in [0.2, 0.25) is 0 Å². The average molecular weight is 345 g/mol. The second-order valence-corrected chi connectivity index (χ2v) is 6.81. The van der Waals surface area contributed by atoms with Gasteiger partial charge in [0.25, 0.3) is 0 Å². The Morgan fingerprint density at radius 1 is 1.16 bits per heavy atom. The lowest BCUT2D eigenvalue weighted by Gasteiger charge is -2.35. The van der Waals surface area contributed by atoms with Gasteiger partial charge in [-0.25, -0.2) is 0 Å². The topological polar surface area (TPSA) is 61.9 Å². The first-order valence-corrected chi connectivity index (χ1v) is 9.08. The van der Waals surface area contributed by atoms with Crippen molar-refractivity contribution in [1.29, 1.82) is 0 Å². The molecule has 2 aliphatic heterocycles. The van der Waals surface area contributed by atoms with E-state index in [1.807, 2.05) is 24.3 Å². The molecule has 0 saturated carbocycles. The van der Waals surface area contributed by atoms with Crippen LogP contribution in [0, 0.1) is 0 Å². The van der Waals surface area contributed by atoms with Crippen LogP contribution >= 0.6 is 0 Å². The predicted octanol–water partition coefficient (Wildman–Crippen LogP) is 1.31. The summed E-state index contributed by atoms with van der Waals surface area (Å²) in [6.07, 6.45) is 2.33. The van der Waals surface area contributed by atoms with E-state index in [0.717, 1.165) is 56.9 Å². The van der Waals surface area contributed by atoms with E-state index < -0.39 is 0 Å². The van der Waals surface area contributed by atoms with Gasteiger partial charge < -0.3 is 15.0 Å². The normalized spacial score (nSPS) is 21.3. The molecule has 1 atom stereocenters. The zero-order valence-electron chi connectivity index (χ0n) is 14.9. The molecule has 0 aromatic heterocycles. The molecule has 6 nitrogen and oxygen atoms in total. The molecule has 2 fully saturated rings. The monoisotopic (exact) mass is 345 g/mol. The first kappa shape index (κ1) is 17.9. The molecule has 0 aliphatic carbocycles. The second-order valence-electron chi connectivity index (χ2n) is 6.81. The third kappa shape index (κ3) is 5.03. The Bertz CT molecular complexity index is 588. The Morgan fingerprint density at radius 2 is 1.88 bits per heavy atom. The first-order valence-electron chi connectivity index (χ1n) is 9.08. The molecule has 1 aromatic carbocycles. The summed E-state index contributed by atoms with van der Waals surface area (Å²) in [4.78, 5) is 27.9. The fourth-order valence-corrected chi connectivity index (χ4v) is 3.36. The third-order valence-electron chi connectivity index (χ3n) is 4.93. The summed E-state index contributed by atoms with van der Waals surface area (Å²) in [6, 6.07) is 7.76. The van der Waals surface area contributed by atoms with E-state index in [0.29, 0.717) is 13.1 Å². The fourth-order valence-electron chi connectivity index (χ4n) is 3.36. The number of amides is 1. The summed E-state index contributed by atoms with van der Waals surface area (Å²) in [6.45, 7) is 6.97. The van der Waals surface area contributed by atoms with Crippen LogP contribution in [0.25, 0.3) is 0 Å². The number of nitrogens with zero attached hydrogens (tertiary/aromatic N) is 2. The molecule has 0 radical (unpaired) electrons. The van der Waals surface area contributed by atoms with Gasteiger partial charge in [0.05, 0.1) is 12.6 Å². The third-order valence-corrected chi connectivity index (χ3v) is 4.93. The molecule has 0 unspecified atom stereocenters. The van der Waals surface area contributed by atoms with E-state index >= 15 is 0 Å². The van der Waals surface area contributed by atoms with Gasteiger partial charge >= 0.3 is 0 Å². The summed E-state index contributed by atoms with van der Waals surface area (Å²) in [5, 5.41) is 2.98. The maximum absolute atomic E-state index is 12.1. The minimum Gasteiger partial charge on any atom is -0.376 e. The lowest BCUT2D eigenvalue weighted by Crippen LogP contribution is -2.50. The van der Waals surface area contributed by atoms with Gasteiger partial charge in [-0.2, -0.15) is 0 Å². The number of hydrogen-bond acceptors (Lipinski definition) is 5. The van der Waals surface area contributed by atoms with Gasteiger partial charge in [-0.3, -0.25) is 14.5 Å². The number of hydrogen-bond donors (Lipinski definition) is 1. The zero-order chi connectivity index (χ0) is 17.6. The molecule has 1 amide bonds. The summed E-state index contributed by atoms with van der Waals surface area (Å²) in [5.74, 6) is 0.167. The Balaban J connectivity index is 1.40. The average Bonchev–Trinajstić information content (AvgIpc) is 3.14. The number of ketones is 1. The maximum Gasteiger partial charge on any atom is 0.234 e. The summed E-state index contributed by atoms with van der Waals surface area (Å²) >= 11 is 0. The van der Waals surface area contributed by atoms with Crippen molar-refractivity contribution in [3.8, 4) is 0 Å². The van der Waals surface area contributed by atoms with Gasteiger partial charge in [0.1, 0.15) is 0 Å². The van der Waals surface area contributed by atoms with Crippen molar-refractivity contribution in [2.24, 2.45) is 0 Å². The van der Waals surface area contributed by atoms with E-state index in [-0.39, 0.29) is 17.8 Å². The Kier molecular flexibility index (Phi) is 6.04. The number of piperazine rings is 1. The molecular weight excluding hydrogens is 318 g/mol. The molecule has 2 heterocycles. The number of Topliss-reactive ketones (excluding diaryl/α,β-unsaturated/α-hetero) is 1. The minimum atomic E-state index is 0.0785. The standard InChI is InChI=1S/C19H27N3O3/c1-15(23)16-4-6-17(7-5-16)22-10-8-21(9-11-22)14-19(24)20-13-18-3-2-12-25-18/h4-7,18H,2-3,8-14H2,1H3,(H,20,24)/t18-/m0/s1. The number of anilines is 1. The SMILES string of the molecule is CC(=O)c1ccc(N2CCN(CC(=O)NC[C@@H]3CCCO3)CC2)cc1. The van der Waals surface area contributed by atoms with Gasteiger partial charge in [0.2, 0.25) is 5.91 Å². The molecule has 136 valence electrons. The largest absolute Gasteiger partial charge is 0.376 e. The number of carbonyl (C=O) groups excluding carboxylic acids is 2. The molecule has 6 heteroatoms. The Labute approximate surface area is 149 Å². The summed E-state index contributed by atoms with van der Waals surface area (Å²) in [7, 11) is 0. The number of ether oxygens (including phenoxy) is 1. The van der Waals surface area contributed by atoms with Crippen LogP contribution in [-0.2, 0) is 9.53 Å². The lowest BCUT2D eigenvalue weighted by atomic mass is 10.1. The van der Waals surface area contributed by atoms with Crippen LogP contribution < -0.4 is 10.2 Å².